The molecule has 128 valence electrons. The van der Waals surface area contributed by atoms with Crippen molar-refractivity contribution in [2.75, 3.05) is 0 Å². The van der Waals surface area contributed by atoms with Crippen molar-refractivity contribution < 1.29 is 23.2 Å². The second kappa shape index (κ2) is 7.33. The summed E-state index contributed by atoms with van der Waals surface area (Å²) >= 11 is 0. The zero-order valence-corrected chi connectivity index (χ0v) is 13.3. The average molecular weight is 336 g/mol. The van der Waals surface area contributed by atoms with Crippen LogP contribution in [0.15, 0.2) is 40.9 Å². The van der Waals surface area contributed by atoms with Crippen LogP contribution in [-0.4, -0.2) is 21.2 Å². The van der Waals surface area contributed by atoms with Gasteiger partial charge in [0.25, 0.3) is 5.92 Å². The number of aliphatic carboxylic acids is 1. The minimum atomic E-state index is -2.86. The molecule has 24 heavy (non-hydrogen) atoms. The zero-order chi connectivity index (χ0) is 17.7. The first-order valence-electron chi connectivity index (χ1n) is 7.56. The highest BCUT2D eigenvalue weighted by atomic mass is 19.3. The maximum atomic E-state index is 14.0. The molecule has 1 aromatic heterocycles. The Morgan fingerprint density at radius 1 is 1.33 bits per heavy atom. The number of aromatic nitrogens is 2. The predicted molar refractivity (Wildman–Crippen MR) is 83.6 cm³/mol. The molecule has 0 saturated carbocycles. The van der Waals surface area contributed by atoms with Crippen LogP contribution in [0.5, 0.6) is 0 Å². The van der Waals surface area contributed by atoms with Crippen LogP contribution in [0.2, 0.25) is 0 Å². The van der Waals surface area contributed by atoms with Crippen LogP contribution in [0.1, 0.15) is 37.6 Å². The molecule has 5 nitrogen and oxygen atoms in total. The molecule has 0 aliphatic carbocycles. The first kappa shape index (κ1) is 17.8. The summed E-state index contributed by atoms with van der Waals surface area (Å²) in [6.07, 6.45) is 0.902. The van der Waals surface area contributed by atoms with E-state index in [4.69, 9.17) is 9.63 Å². The van der Waals surface area contributed by atoms with Crippen LogP contribution in [0.25, 0.3) is 11.4 Å². The van der Waals surface area contributed by atoms with Gasteiger partial charge in [0.1, 0.15) is 0 Å². The lowest BCUT2D eigenvalue weighted by atomic mass is 10.0. The highest BCUT2D eigenvalue weighted by Gasteiger charge is 2.30. The third-order valence-electron chi connectivity index (χ3n) is 3.54. The Labute approximate surface area is 138 Å². The van der Waals surface area contributed by atoms with Crippen molar-refractivity contribution in [3.8, 4) is 11.4 Å². The Morgan fingerprint density at radius 3 is 2.58 bits per heavy atom. The van der Waals surface area contributed by atoms with Gasteiger partial charge in [0.05, 0.1) is 6.42 Å². The summed E-state index contributed by atoms with van der Waals surface area (Å²) in [5.41, 5.74) is 0.389. The van der Waals surface area contributed by atoms with Crippen molar-refractivity contribution in [3.05, 3.63) is 47.9 Å². The Hall–Kier alpha value is -2.57. The molecule has 0 fully saturated rings. The molecule has 7 heteroatoms. The van der Waals surface area contributed by atoms with Crippen LogP contribution in [0.3, 0.4) is 0 Å². The van der Waals surface area contributed by atoms with Gasteiger partial charge in [-0.25, -0.2) is 13.6 Å². The summed E-state index contributed by atoms with van der Waals surface area (Å²) in [6.45, 7) is 5.25. The first-order valence-corrected chi connectivity index (χ1v) is 7.56. The Kier molecular flexibility index (Phi) is 5.43. The van der Waals surface area contributed by atoms with Gasteiger partial charge in [-0.05, 0) is 6.42 Å². The largest absolute Gasteiger partial charge is 0.478 e. The van der Waals surface area contributed by atoms with Crippen molar-refractivity contribution in [1.29, 1.82) is 0 Å². The van der Waals surface area contributed by atoms with E-state index in [1.807, 2.05) is 6.92 Å². The number of rotatable bonds is 8. The van der Waals surface area contributed by atoms with E-state index in [0.29, 0.717) is 18.4 Å². The van der Waals surface area contributed by atoms with E-state index < -0.39 is 11.9 Å². The highest BCUT2D eigenvalue weighted by molar-refractivity contribution is 5.86. The van der Waals surface area contributed by atoms with Gasteiger partial charge in [0, 0.05) is 23.1 Å². The van der Waals surface area contributed by atoms with Gasteiger partial charge in [-0.1, -0.05) is 49.3 Å². The van der Waals surface area contributed by atoms with Crippen LogP contribution < -0.4 is 0 Å². The molecule has 0 atom stereocenters. The number of nitrogens with zero attached hydrogens (tertiary/aromatic N) is 2. The van der Waals surface area contributed by atoms with Crippen molar-refractivity contribution in [1.82, 2.24) is 10.1 Å². The van der Waals surface area contributed by atoms with E-state index in [0.717, 1.165) is 0 Å². The lowest BCUT2D eigenvalue weighted by Gasteiger charge is -2.16. The SMILES string of the molecule is C=C(Cc1nc(-c2ccc(C(F)(F)CCCC)cc2)no1)C(=O)O. The minimum absolute atomic E-state index is 0.0531. The molecule has 1 aromatic carbocycles. The number of alkyl halides is 2. The summed E-state index contributed by atoms with van der Waals surface area (Å²) in [4.78, 5) is 14.8. The minimum Gasteiger partial charge on any atom is -0.478 e. The summed E-state index contributed by atoms with van der Waals surface area (Å²) in [7, 11) is 0. The van der Waals surface area contributed by atoms with Crippen LogP contribution in [-0.2, 0) is 17.1 Å². The number of hydrogen-bond donors (Lipinski definition) is 1. The maximum absolute atomic E-state index is 14.0. The number of hydrogen-bond acceptors (Lipinski definition) is 4. The van der Waals surface area contributed by atoms with Crippen LogP contribution in [0.4, 0.5) is 8.78 Å². The van der Waals surface area contributed by atoms with E-state index in [-0.39, 0.29) is 35.7 Å². The van der Waals surface area contributed by atoms with Gasteiger partial charge < -0.3 is 9.63 Å². The third kappa shape index (κ3) is 4.24. The molecular formula is C17H18F2N2O3. The molecule has 0 amide bonds. The Bertz CT molecular complexity index is 724. The molecule has 1 N–H and O–H groups in total. The maximum Gasteiger partial charge on any atom is 0.331 e. The van der Waals surface area contributed by atoms with Gasteiger partial charge in [0.2, 0.25) is 11.7 Å². The Balaban J connectivity index is 2.12. The molecule has 0 radical (unpaired) electrons. The first-order chi connectivity index (χ1) is 11.3. The number of carboxylic acid groups (broad SMARTS) is 1. The summed E-state index contributed by atoms with van der Waals surface area (Å²) in [6, 6.07) is 5.68. The monoisotopic (exact) mass is 336 g/mol. The quantitative estimate of drug-likeness (QED) is 0.731. The predicted octanol–water partition coefficient (Wildman–Crippen LogP) is 4.20. The molecule has 2 rings (SSSR count). The van der Waals surface area contributed by atoms with Crippen molar-refractivity contribution in [2.45, 2.75) is 38.5 Å². The number of unbranched alkanes of at least 4 members (excludes halogenated alkanes) is 1. The zero-order valence-electron chi connectivity index (χ0n) is 13.3. The normalized spacial score (nSPS) is 11.5. The molecule has 2 aromatic rings. The van der Waals surface area contributed by atoms with E-state index in [2.05, 4.69) is 16.7 Å². The van der Waals surface area contributed by atoms with E-state index in [1.54, 1.807) is 0 Å². The summed E-state index contributed by atoms with van der Waals surface area (Å²) < 4.78 is 32.9. The third-order valence-corrected chi connectivity index (χ3v) is 3.54. The van der Waals surface area contributed by atoms with Crippen molar-refractivity contribution >= 4 is 5.97 Å². The van der Waals surface area contributed by atoms with E-state index in [9.17, 15) is 13.6 Å². The highest BCUT2D eigenvalue weighted by Crippen LogP contribution is 2.34. The second-order valence-corrected chi connectivity index (χ2v) is 5.48. The van der Waals surface area contributed by atoms with Crippen molar-refractivity contribution in [3.63, 3.8) is 0 Å². The lowest BCUT2D eigenvalue weighted by Crippen LogP contribution is -2.12. The topological polar surface area (TPSA) is 76.2 Å². The Morgan fingerprint density at radius 2 is 2.00 bits per heavy atom. The number of benzene rings is 1. The molecule has 0 aliphatic heterocycles. The van der Waals surface area contributed by atoms with Gasteiger partial charge in [-0.3, -0.25) is 0 Å². The summed E-state index contributed by atoms with van der Waals surface area (Å²) in [5, 5.41) is 12.5. The fourth-order valence-corrected chi connectivity index (χ4v) is 2.11. The molecule has 0 spiro atoms. The number of carboxylic acids is 1. The van der Waals surface area contributed by atoms with Gasteiger partial charge in [-0.2, -0.15) is 4.98 Å². The molecule has 1 heterocycles. The van der Waals surface area contributed by atoms with Crippen LogP contribution >= 0.6 is 0 Å². The molecule has 0 unspecified atom stereocenters. The molecule has 0 aliphatic rings. The molecule has 0 bridgehead atoms. The molecular weight excluding hydrogens is 318 g/mol. The van der Waals surface area contributed by atoms with Crippen LogP contribution in [0, 0.1) is 0 Å². The second-order valence-electron chi connectivity index (χ2n) is 5.48. The number of carbonyl (C=O) groups is 1. The van der Waals surface area contributed by atoms with E-state index in [1.165, 1.54) is 24.3 Å². The van der Waals surface area contributed by atoms with Gasteiger partial charge in [-0.15, -0.1) is 0 Å². The fourth-order valence-electron chi connectivity index (χ4n) is 2.11. The van der Waals surface area contributed by atoms with E-state index >= 15 is 0 Å². The number of halogens is 2. The fraction of sp³-hybridized carbons (Fsp3) is 0.353. The average Bonchev–Trinajstić information content (AvgIpc) is 3.01. The lowest BCUT2D eigenvalue weighted by molar-refractivity contribution is -0.132. The van der Waals surface area contributed by atoms with Gasteiger partial charge in [0.15, 0.2) is 0 Å². The standard InChI is InChI=1S/C17H18F2N2O3/c1-3-4-9-17(18,19)13-7-5-12(6-8-13)15-20-14(24-21-15)10-11(2)16(22)23/h5-8H,2-4,9-10H2,1H3,(H,22,23). The van der Waals surface area contributed by atoms with Gasteiger partial charge >= 0.3 is 5.97 Å². The van der Waals surface area contributed by atoms with Crippen molar-refractivity contribution in [2.24, 2.45) is 0 Å². The smallest absolute Gasteiger partial charge is 0.331 e. The molecule has 0 saturated heterocycles. The summed E-state index contributed by atoms with van der Waals surface area (Å²) in [5.74, 6) is -3.69.